The van der Waals surface area contributed by atoms with Gasteiger partial charge in [-0.3, -0.25) is 4.98 Å². The topological polar surface area (TPSA) is 75.9 Å². The normalized spacial score (nSPS) is 19.9. The molecule has 1 aliphatic rings. The van der Waals surface area contributed by atoms with Crippen molar-refractivity contribution in [1.29, 1.82) is 0 Å². The van der Waals surface area contributed by atoms with Crippen molar-refractivity contribution < 1.29 is 0 Å². The first-order valence-corrected chi connectivity index (χ1v) is 6.14. The summed E-state index contributed by atoms with van der Waals surface area (Å²) < 4.78 is 0. The Hall–Kier alpha value is -1.36. The third-order valence-electron chi connectivity index (χ3n) is 3.47. The standard InChI is InChI=1S/C12H21N5/c1-12(2)5-3-9(4-6-12)15-10-7-14-8-11(16-10)17-13/h7-9H,3-6,13H2,1-2H3,(H2,15,16,17). The lowest BCUT2D eigenvalue weighted by molar-refractivity contribution is 0.232. The molecule has 2 rings (SSSR count). The van der Waals surface area contributed by atoms with E-state index in [1.54, 1.807) is 12.4 Å². The molecular formula is C12H21N5. The van der Waals surface area contributed by atoms with Gasteiger partial charge in [0.25, 0.3) is 0 Å². The molecule has 4 N–H and O–H groups in total. The van der Waals surface area contributed by atoms with Gasteiger partial charge in [-0.05, 0) is 31.1 Å². The fourth-order valence-electron chi connectivity index (χ4n) is 2.26. The zero-order valence-electron chi connectivity index (χ0n) is 10.5. The van der Waals surface area contributed by atoms with Crippen LogP contribution in [-0.4, -0.2) is 16.0 Å². The van der Waals surface area contributed by atoms with Crippen LogP contribution in [0.25, 0.3) is 0 Å². The summed E-state index contributed by atoms with van der Waals surface area (Å²) in [4.78, 5) is 8.39. The van der Waals surface area contributed by atoms with Gasteiger partial charge in [0, 0.05) is 6.04 Å². The maximum absolute atomic E-state index is 5.31. The van der Waals surface area contributed by atoms with Crippen LogP contribution in [0, 0.1) is 5.41 Å². The summed E-state index contributed by atoms with van der Waals surface area (Å²) in [7, 11) is 0. The van der Waals surface area contributed by atoms with Gasteiger partial charge in [-0.15, -0.1) is 0 Å². The van der Waals surface area contributed by atoms with Gasteiger partial charge in [-0.2, -0.15) is 0 Å². The Morgan fingerprint density at radius 2 is 1.88 bits per heavy atom. The first-order chi connectivity index (χ1) is 8.09. The van der Waals surface area contributed by atoms with E-state index in [9.17, 15) is 0 Å². The predicted molar refractivity (Wildman–Crippen MR) is 69.5 cm³/mol. The summed E-state index contributed by atoms with van der Waals surface area (Å²) in [5.74, 6) is 6.69. The van der Waals surface area contributed by atoms with E-state index in [1.165, 1.54) is 25.7 Å². The summed E-state index contributed by atoms with van der Waals surface area (Å²) >= 11 is 0. The molecule has 17 heavy (non-hydrogen) atoms. The van der Waals surface area contributed by atoms with Crippen molar-refractivity contribution in [2.24, 2.45) is 11.3 Å². The number of hydrazine groups is 1. The first-order valence-electron chi connectivity index (χ1n) is 6.14. The lowest BCUT2D eigenvalue weighted by Crippen LogP contribution is -2.30. The third-order valence-corrected chi connectivity index (χ3v) is 3.47. The van der Waals surface area contributed by atoms with Crippen LogP contribution in [0.4, 0.5) is 11.6 Å². The van der Waals surface area contributed by atoms with E-state index in [0.29, 0.717) is 17.3 Å². The van der Waals surface area contributed by atoms with E-state index >= 15 is 0 Å². The first kappa shape index (κ1) is 12.1. The van der Waals surface area contributed by atoms with Crippen molar-refractivity contribution in [3.05, 3.63) is 12.4 Å². The van der Waals surface area contributed by atoms with Gasteiger partial charge in [0.2, 0.25) is 0 Å². The molecule has 5 nitrogen and oxygen atoms in total. The second-order valence-corrected chi connectivity index (χ2v) is 5.52. The number of nitrogen functional groups attached to an aromatic ring is 1. The van der Waals surface area contributed by atoms with E-state index in [-0.39, 0.29) is 0 Å². The molecule has 94 valence electrons. The molecule has 1 aliphatic carbocycles. The molecule has 0 atom stereocenters. The minimum absolute atomic E-state index is 0.491. The minimum atomic E-state index is 0.491. The highest BCUT2D eigenvalue weighted by Crippen LogP contribution is 2.35. The fourth-order valence-corrected chi connectivity index (χ4v) is 2.26. The average molecular weight is 235 g/mol. The fraction of sp³-hybridized carbons (Fsp3) is 0.667. The lowest BCUT2D eigenvalue weighted by Gasteiger charge is -2.34. The molecule has 5 heteroatoms. The zero-order chi connectivity index (χ0) is 12.3. The Bertz CT molecular complexity index is 367. The van der Waals surface area contributed by atoms with Gasteiger partial charge < -0.3 is 10.7 Å². The largest absolute Gasteiger partial charge is 0.366 e. The van der Waals surface area contributed by atoms with Crippen molar-refractivity contribution in [2.75, 3.05) is 10.7 Å². The van der Waals surface area contributed by atoms with E-state index in [4.69, 9.17) is 5.84 Å². The molecule has 0 bridgehead atoms. The molecule has 0 saturated heterocycles. The molecule has 1 fully saturated rings. The lowest BCUT2D eigenvalue weighted by atomic mass is 9.75. The Balaban J connectivity index is 1.93. The van der Waals surface area contributed by atoms with E-state index < -0.39 is 0 Å². The van der Waals surface area contributed by atoms with E-state index in [0.717, 1.165) is 5.82 Å². The van der Waals surface area contributed by atoms with Crippen molar-refractivity contribution in [3.63, 3.8) is 0 Å². The Labute approximate surface area is 102 Å². The van der Waals surface area contributed by atoms with Crippen LogP contribution in [0.3, 0.4) is 0 Å². The number of hydrogen-bond donors (Lipinski definition) is 3. The molecule has 0 spiro atoms. The van der Waals surface area contributed by atoms with Gasteiger partial charge in [-0.25, -0.2) is 10.8 Å². The van der Waals surface area contributed by atoms with E-state index in [1.807, 2.05) is 0 Å². The molecule has 1 heterocycles. The van der Waals surface area contributed by atoms with Crippen LogP contribution in [-0.2, 0) is 0 Å². The summed E-state index contributed by atoms with van der Waals surface area (Å²) in [6.07, 6.45) is 8.24. The van der Waals surface area contributed by atoms with Crippen molar-refractivity contribution in [1.82, 2.24) is 9.97 Å². The molecule has 0 amide bonds. The van der Waals surface area contributed by atoms with Crippen molar-refractivity contribution in [3.8, 4) is 0 Å². The number of rotatable bonds is 3. The number of nitrogens with zero attached hydrogens (tertiary/aromatic N) is 2. The summed E-state index contributed by atoms with van der Waals surface area (Å²) in [5.41, 5.74) is 2.99. The van der Waals surface area contributed by atoms with E-state index in [2.05, 4.69) is 34.6 Å². The maximum Gasteiger partial charge on any atom is 0.160 e. The van der Waals surface area contributed by atoms with Gasteiger partial charge in [0.1, 0.15) is 5.82 Å². The Morgan fingerprint density at radius 1 is 1.24 bits per heavy atom. The summed E-state index contributed by atoms with van der Waals surface area (Å²) in [5, 5.41) is 3.42. The molecule has 1 aromatic heterocycles. The molecule has 0 radical (unpaired) electrons. The number of aromatic nitrogens is 2. The number of anilines is 2. The smallest absolute Gasteiger partial charge is 0.160 e. The van der Waals surface area contributed by atoms with Gasteiger partial charge in [0.15, 0.2) is 5.82 Å². The second kappa shape index (κ2) is 4.87. The SMILES string of the molecule is CC1(C)CCC(Nc2cncc(NN)n2)CC1. The van der Waals surface area contributed by atoms with Crippen LogP contribution >= 0.6 is 0 Å². The molecule has 1 aromatic rings. The van der Waals surface area contributed by atoms with Gasteiger partial charge >= 0.3 is 0 Å². The number of nitrogens with two attached hydrogens (primary N) is 1. The van der Waals surface area contributed by atoms with Crippen LogP contribution in [0.15, 0.2) is 12.4 Å². The molecule has 0 aliphatic heterocycles. The highest BCUT2D eigenvalue weighted by molar-refractivity contribution is 5.41. The average Bonchev–Trinajstić information content (AvgIpc) is 2.32. The zero-order valence-corrected chi connectivity index (χ0v) is 10.5. The second-order valence-electron chi connectivity index (χ2n) is 5.52. The number of hydrogen-bond acceptors (Lipinski definition) is 5. The molecule has 0 unspecified atom stereocenters. The van der Waals surface area contributed by atoms with Crippen LogP contribution in [0.5, 0.6) is 0 Å². The molecule has 0 aromatic carbocycles. The van der Waals surface area contributed by atoms with Crippen LogP contribution in [0.1, 0.15) is 39.5 Å². The van der Waals surface area contributed by atoms with Crippen molar-refractivity contribution >= 4 is 11.6 Å². The van der Waals surface area contributed by atoms with Crippen LogP contribution < -0.4 is 16.6 Å². The predicted octanol–water partition coefficient (Wildman–Crippen LogP) is 2.14. The van der Waals surface area contributed by atoms with Crippen molar-refractivity contribution in [2.45, 2.75) is 45.6 Å². The van der Waals surface area contributed by atoms with Crippen LogP contribution in [0.2, 0.25) is 0 Å². The number of nitrogens with one attached hydrogen (secondary N) is 2. The monoisotopic (exact) mass is 235 g/mol. The quantitative estimate of drug-likeness (QED) is 0.553. The van der Waals surface area contributed by atoms with Gasteiger partial charge in [-0.1, -0.05) is 13.8 Å². The maximum atomic E-state index is 5.31. The molecule has 1 saturated carbocycles. The van der Waals surface area contributed by atoms with Gasteiger partial charge in [0.05, 0.1) is 12.4 Å². The Kier molecular flexibility index (Phi) is 3.47. The minimum Gasteiger partial charge on any atom is -0.366 e. The third kappa shape index (κ3) is 3.30. The Morgan fingerprint density at radius 3 is 2.53 bits per heavy atom. The molecular weight excluding hydrogens is 214 g/mol. The highest BCUT2D eigenvalue weighted by Gasteiger charge is 2.26. The highest BCUT2D eigenvalue weighted by atomic mass is 15.3. The summed E-state index contributed by atoms with van der Waals surface area (Å²) in [6.45, 7) is 4.67. The summed E-state index contributed by atoms with van der Waals surface area (Å²) in [6, 6.07) is 0.505.